The van der Waals surface area contributed by atoms with Gasteiger partial charge in [0, 0.05) is 37.2 Å². The molecule has 20 heavy (non-hydrogen) atoms. The molecule has 0 saturated heterocycles. The second-order valence-corrected chi connectivity index (χ2v) is 4.73. The molecule has 0 aliphatic carbocycles. The first-order valence-electron chi connectivity index (χ1n) is 6.61. The molecule has 0 unspecified atom stereocenters. The van der Waals surface area contributed by atoms with E-state index in [0.717, 1.165) is 35.3 Å². The molecular formula is C16H16N2O2. The lowest BCUT2D eigenvalue weighted by Crippen LogP contribution is -2.18. The summed E-state index contributed by atoms with van der Waals surface area (Å²) in [5.41, 5.74) is 1.79. The minimum Gasteiger partial charge on any atom is -0.469 e. The van der Waals surface area contributed by atoms with Gasteiger partial charge in [0.1, 0.15) is 5.76 Å². The molecule has 2 heterocycles. The maximum absolute atomic E-state index is 12.0. The Morgan fingerprint density at radius 1 is 1.20 bits per heavy atom. The fourth-order valence-corrected chi connectivity index (χ4v) is 2.33. The highest BCUT2D eigenvalue weighted by Crippen LogP contribution is 2.20. The highest BCUT2D eigenvalue weighted by molar-refractivity contribution is 5.91. The van der Waals surface area contributed by atoms with E-state index in [-0.39, 0.29) is 5.56 Å². The van der Waals surface area contributed by atoms with Gasteiger partial charge < -0.3 is 14.3 Å². The van der Waals surface area contributed by atoms with Crippen LogP contribution in [0, 0.1) is 0 Å². The van der Waals surface area contributed by atoms with Crippen molar-refractivity contribution in [3.63, 3.8) is 0 Å². The molecule has 0 aliphatic heterocycles. The average Bonchev–Trinajstić information content (AvgIpc) is 2.97. The first-order valence-corrected chi connectivity index (χ1v) is 6.61. The number of hydrogen-bond donors (Lipinski definition) is 1. The van der Waals surface area contributed by atoms with Crippen molar-refractivity contribution in [2.24, 2.45) is 7.05 Å². The number of para-hydroxylation sites is 1. The molecule has 0 aliphatic rings. The molecule has 1 aromatic carbocycles. The Kier molecular flexibility index (Phi) is 3.29. The molecule has 0 fully saturated rings. The van der Waals surface area contributed by atoms with Gasteiger partial charge in [-0.3, -0.25) is 4.79 Å². The Morgan fingerprint density at radius 2 is 2.05 bits per heavy atom. The van der Waals surface area contributed by atoms with Crippen LogP contribution in [0.15, 0.2) is 57.9 Å². The number of pyridine rings is 1. The number of fused-ring (bicyclic) bond motifs is 1. The van der Waals surface area contributed by atoms with Gasteiger partial charge in [-0.25, -0.2) is 0 Å². The van der Waals surface area contributed by atoms with Crippen molar-refractivity contribution in [2.45, 2.75) is 6.42 Å². The number of aromatic nitrogens is 1. The maximum atomic E-state index is 12.0. The van der Waals surface area contributed by atoms with Gasteiger partial charge in [0.2, 0.25) is 0 Å². The van der Waals surface area contributed by atoms with E-state index in [2.05, 4.69) is 5.32 Å². The Labute approximate surface area is 116 Å². The Morgan fingerprint density at radius 3 is 2.85 bits per heavy atom. The summed E-state index contributed by atoms with van der Waals surface area (Å²) in [6, 6.07) is 13.4. The average molecular weight is 268 g/mol. The molecule has 4 heteroatoms. The first kappa shape index (κ1) is 12.5. The normalized spacial score (nSPS) is 10.8. The minimum absolute atomic E-state index is 0.0100. The van der Waals surface area contributed by atoms with Gasteiger partial charge in [0.05, 0.1) is 11.8 Å². The largest absolute Gasteiger partial charge is 0.469 e. The van der Waals surface area contributed by atoms with Gasteiger partial charge in [0.15, 0.2) is 0 Å². The van der Waals surface area contributed by atoms with Gasteiger partial charge in [-0.2, -0.15) is 0 Å². The summed E-state index contributed by atoms with van der Waals surface area (Å²) >= 11 is 0. The van der Waals surface area contributed by atoms with Crippen LogP contribution in [0.2, 0.25) is 0 Å². The van der Waals surface area contributed by atoms with Crippen molar-refractivity contribution < 1.29 is 4.42 Å². The Balaban J connectivity index is 1.87. The first-order chi connectivity index (χ1) is 9.75. The molecule has 0 bridgehead atoms. The van der Waals surface area contributed by atoms with Gasteiger partial charge in [0.25, 0.3) is 5.56 Å². The highest BCUT2D eigenvalue weighted by atomic mass is 16.3. The Hall–Kier alpha value is -2.49. The van der Waals surface area contributed by atoms with E-state index >= 15 is 0 Å². The van der Waals surface area contributed by atoms with Crippen LogP contribution in [0.25, 0.3) is 10.9 Å². The highest BCUT2D eigenvalue weighted by Gasteiger charge is 2.05. The van der Waals surface area contributed by atoms with Crippen LogP contribution < -0.4 is 10.9 Å². The zero-order valence-electron chi connectivity index (χ0n) is 11.3. The van der Waals surface area contributed by atoms with Gasteiger partial charge in [-0.1, -0.05) is 18.2 Å². The van der Waals surface area contributed by atoms with Crippen molar-refractivity contribution >= 4 is 16.6 Å². The number of furan rings is 1. The second-order valence-electron chi connectivity index (χ2n) is 4.73. The number of rotatable bonds is 4. The SMILES string of the molecule is Cn1c(=O)cc(NCCc2ccco2)c2ccccc21. The number of hydrogen-bond acceptors (Lipinski definition) is 3. The number of benzene rings is 1. The molecule has 3 rings (SSSR count). The summed E-state index contributed by atoms with van der Waals surface area (Å²) < 4.78 is 6.96. The van der Waals surface area contributed by atoms with Crippen molar-refractivity contribution in [3.05, 3.63) is 64.8 Å². The standard InChI is InChI=1S/C16H16N2O2/c1-18-15-7-3-2-6-13(15)14(11-16(18)19)17-9-8-12-5-4-10-20-12/h2-7,10-11,17H,8-9H2,1H3. The van der Waals surface area contributed by atoms with E-state index in [1.54, 1.807) is 23.9 Å². The lowest BCUT2D eigenvalue weighted by Gasteiger charge is -2.11. The van der Waals surface area contributed by atoms with E-state index < -0.39 is 0 Å². The van der Waals surface area contributed by atoms with Crippen molar-refractivity contribution in [1.82, 2.24) is 4.57 Å². The predicted octanol–water partition coefficient (Wildman–Crippen LogP) is 2.79. The molecule has 0 saturated carbocycles. The summed E-state index contributed by atoms with van der Waals surface area (Å²) in [5, 5.41) is 4.37. The number of anilines is 1. The second kappa shape index (κ2) is 5.25. The van der Waals surface area contributed by atoms with Crippen molar-refractivity contribution in [1.29, 1.82) is 0 Å². The van der Waals surface area contributed by atoms with Crippen LogP contribution in [0.3, 0.4) is 0 Å². The van der Waals surface area contributed by atoms with Gasteiger partial charge in [-0.05, 0) is 18.2 Å². The molecular weight excluding hydrogens is 252 g/mol. The van der Waals surface area contributed by atoms with Crippen molar-refractivity contribution in [2.75, 3.05) is 11.9 Å². The topological polar surface area (TPSA) is 47.2 Å². The molecule has 2 aromatic heterocycles. The zero-order valence-corrected chi connectivity index (χ0v) is 11.3. The molecule has 1 N–H and O–H groups in total. The molecule has 4 nitrogen and oxygen atoms in total. The third-order valence-corrected chi connectivity index (χ3v) is 3.42. The van der Waals surface area contributed by atoms with E-state index in [1.165, 1.54) is 0 Å². The van der Waals surface area contributed by atoms with E-state index in [0.29, 0.717) is 0 Å². The van der Waals surface area contributed by atoms with E-state index in [4.69, 9.17) is 4.42 Å². The molecule has 0 amide bonds. The van der Waals surface area contributed by atoms with E-state index in [1.807, 2.05) is 36.4 Å². The number of aryl methyl sites for hydroxylation is 1. The van der Waals surface area contributed by atoms with Gasteiger partial charge in [-0.15, -0.1) is 0 Å². The third-order valence-electron chi connectivity index (χ3n) is 3.42. The predicted molar refractivity (Wildman–Crippen MR) is 80.1 cm³/mol. The molecule has 3 aromatic rings. The summed E-state index contributed by atoms with van der Waals surface area (Å²) in [4.78, 5) is 12.0. The van der Waals surface area contributed by atoms with Crippen LogP contribution >= 0.6 is 0 Å². The zero-order chi connectivity index (χ0) is 13.9. The number of nitrogens with one attached hydrogen (secondary N) is 1. The van der Waals surface area contributed by atoms with E-state index in [9.17, 15) is 4.79 Å². The van der Waals surface area contributed by atoms with Gasteiger partial charge >= 0.3 is 0 Å². The molecule has 0 radical (unpaired) electrons. The van der Waals surface area contributed by atoms with Crippen LogP contribution in [0.1, 0.15) is 5.76 Å². The summed E-state index contributed by atoms with van der Waals surface area (Å²) in [6.07, 6.45) is 2.46. The van der Waals surface area contributed by atoms with Crippen LogP contribution in [-0.2, 0) is 13.5 Å². The number of nitrogens with zero attached hydrogens (tertiary/aromatic N) is 1. The van der Waals surface area contributed by atoms with Crippen LogP contribution in [0.5, 0.6) is 0 Å². The monoisotopic (exact) mass is 268 g/mol. The fraction of sp³-hybridized carbons (Fsp3) is 0.188. The molecule has 0 spiro atoms. The summed E-state index contributed by atoms with van der Waals surface area (Å²) in [7, 11) is 1.79. The van der Waals surface area contributed by atoms with Crippen LogP contribution in [-0.4, -0.2) is 11.1 Å². The smallest absolute Gasteiger partial charge is 0.252 e. The lowest BCUT2D eigenvalue weighted by atomic mass is 10.1. The van der Waals surface area contributed by atoms with Crippen molar-refractivity contribution in [3.8, 4) is 0 Å². The van der Waals surface area contributed by atoms with Crippen LogP contribution in [0.4, 0.5) is 5.69 Å². The minimum atomic E-state index is -0.0100. The third kappa shape index (κ3) is 2.32. The summed E-state index contributed by atoms with van der Waals surface area (Å²) in [5.74, 6) is 0.936. The summed E-state index contributed by atoms with van der Waals surface area (Å²) in [6.45, 7) is 0.727. The fourth-order valence-electron chi connectivity index (χ4n) is 2.33. The quantitative estimate of drug-likeness (QED) is 0.791. The lowest BCUT2D eigenvalue weighted by molar-refractivity contribution is 0.513. The maximum Gasteiger partial charge on any atom is 0.252 e. The Bertz CT molecular complexity index is 773. The molecule has 102 valence electrons. The molecule has 0 atom stereocenters.